The number of hydrogen-bond donors (Lipinski definition) is 1. The summed E-state index contributed by atoms with van der Waals surface area (Å²) in [6, 6.07) is 16.6. The number of nitrogens with zero attached hydrogens (tertiary/aromatic N) is 3. The highest BCUT2D eigenvalue weighted by atomic mass is 16.3. The predicted octanol–water partition coefficient (Wildman–Crippen LogP) is 3.25. The van der Waals surface area contributed by atoms with Crippen LogP contribution in [0.15, 0.2) is 42.5 Å². The number of benzene rings is 2. The van der Waals surface area contributed by atoms with E-state index in [2.05, 4.69) is 12.1 Å². The summed E-state index contributed by atoms with van der Waals surface area (Å²) < 4.78 is 0. The summed E-state index contributed by atoms with van der Waals surface area (Å²) in [6.07, 6.45) is -0.663. The van der Waals surface area contributed by atoms with Crippen molar-refractivity contribution < 1.29 is 5.11 Å². The second kappa shape index (κ2) is 6.09. The van der Waals surface area contributed by atoms with Crippen molar-refractivity contribution in [1.29, 1.82) is 10.5 Å². The highest BCUT2D eigenvalue weighted by Gasteiger charge is 2.16. The van der Waals surface area contributed by atoms with E-state index in [9.17, 15) is 10.4 Å². The average Bonchev–Trinajstić information content (AvgIpc) is 2.53. The highest BCUT2D eigenvalue weighted by Crippen LogP contribution is 2.33. The lowest BCUT2D eigenvalue weighted by Crippen LogP contribution is -2.14. The van der Waals surface area contributed by atoms with Crippen LogP contribution in [0.25, 0.3) is 0 Å². The second-order valence-electron chi connectivity index (χ2n) is 4.75. The molecule has 4 nitrogen and oxygen atoms in total. The van der Waals surface area contributed by atoms with E-state index in [4.69, 9.17) is 5.26 Å². The number of rotatable bonds is 3. The van der Waals surface area contributed by atoms with Crippen LogP contribution in [0, 0.1) is 22.7 Å². The Morgan fingerprint density at radius 3 is 2.38 bits per heavy atom. The molecule has 0 fully saturated rings. The maximum Gasteiger partial charge on any atom is 0.101 e. The monoisotopic (exact) mass is 277 g/mol. The topological polar surface area (TPSA) is 71.0 Å². The molecule has 0 aliphatic rings. The largest absolute Gasteiger partial charge is 0.389 e. The number of anilines is 2. The first-order chi connectivity index (χ1) is 10.1. The molecule has 2 aromatic carbocycles. The summed E-state index contributed by atoms with van der Waals surface area (Å²) >= 11 is 0. The lowest BCUT2D eigenvalue weighted by molar-refractivity contribution is 0.200. The van der Waals surface area contributed by atoms with Gasteiger partial charge in [-0.15, -0.1) is 0 Å². The standard InChI is InChI=1S/C17H15N3O/c1-12(21)15-8-7-13(10-18)9-17(15)20(2)16-6-4-3-5-14(16)11-19/h3-9,12,21H,1-2H3/t12-/m0/s1. The Hall–Kier alpha value is -2.82. The third-order valence-electron chi connectivity index (χ3n) is 3.36. The van der Waals surface area contributed by atoms with E-state index in [0.717, 1.165) is 5.69 Å². The minimum atomic E-state index is -0.663. The number of aliphatic hydroxyl groups is 1. The van der Waals surface area contributed by atoms with Gasteiger partial charge in [-0.2, -0.15) is 10.5 Å². The van der Waals surface area contributed by atoms with Crippen molar-refractivity contribution in [3.63, 3.8) is 0 Å². The van der Waals surface area contributed by atoms with Crippen molar-refractivity contribution >= 4 is 11.4 Å². The first-order valence-corrected chi connectivity index (χ1v) is 6.53. The Morgan fingerprint density at radius 2 is 1.76 bits per heavy atom. The number of aliphatic hydroxyl groups excluding tert-OH is 1. The summed E-state index contributed by atoms with van der Waals surface area (Å²) in [7, 11) is 1.82. The number of hydrogen-bond acceptors (Lipinski definition) is 4. The van der Waals surface area contributed by atoms with Crippen LogP contribution in [0.4, 0.5) is 11.4 Å². The summed E-state index contributed by atoms with van der Waals surface area (Å²) in [4.78, 5) is 1.82. The van der Waals surface area contributed by atoms with Crippen molar-refractivity contribution in [2.75, 3.05) is 11.9 Å². The maximum atomic E-state index is 9.92. The third kappa shape index (κ3) is 2.86. The number of para-hydroxylation sites is 1. The fourth-order valence-corrected chi connectivity index (χ4v) is 2.25. The van der Waals surface area contributed by atoms with Crippen LogP contribution in [-0.2, 0) is 0 Å². The molecular formula is C17H15N3O. The molecule has 0 unspecified atom stereocenters. The molecule has 4 heteroatoms. The predicted molar refractivity (Wildman–Crippen MR) is 81.0 cm³/mol. The normalized spacial score (nSPS) is 11.3. The Bertz CT molecular complexity index is 738. The van der Waals surface area contributed by atoms with Gasteiger partial charge in [0.25, 0.3) is 0 Å². The van der Waals surface area contributed by atoms with Crippen molar-refractivity contribution in [3.05, 3.63) is 59.2 Å². The molecule has 2 aromatic rings. The first kappa shape index (κ1) is 14.6. The first-order valence-electron chi connectivity index (χ1n) is 6.53. The number of nitriles is 2. The Labute approximate surface area is 124 Å². The van der Waals surface area contributed by atoms with Crippen LogP contribution in [0.3, 0.4) is 0 Å². The van der Waals surface area contributed by atoms with Crippen molar-refractivity contribution in [3.8, 4) is 12.1 Å². The van der Waals surface area contributed by atoms with Crippen LogP contribution in [0.2, 0.25) is 0 Å². The fraction of sp³-hybridized carbons (Fsp3) is 0.176. The van der Waals surface area contributed by atoms with Crippen molar-refractivity contribution in [2.45, 2.75) is 13.0 Å². The van der Waals surface area contributed by atoms with Crippen molar-refractivity contribution in [1.82, 2.24) is 0 Å². The van der Waals surface area contributed by atoms with Gasteiger partial charge in [-0.25, -0.2) is 0 Å². The quantitative estimate of drug-likeness (QED) is 0.934. The van der Waals surface area contributed by atoms with E-state index in [0.29, 0.717) is 22.4 Å². The van der Waals surface area contributed by atoms with Gasteiger partial charge in [0, 0.05) is 18.3 Å². The summed E-state index contributed by atoms with van der Waals surface area (Å²) in [5.41, 5.74) is 3.21. The molecule has 0 bridgehead atoms. The minimum absolute atomic E-state index is 0.510. The smallest absolute Gasteiger partial charge is 0.101 e. The lowest BCUT2D eigenvalue weighted by atomic mass is 10.0. The maximum absolute atomic E-state index is 9.92. The molecule has 0 amide bonds. The average molecular weight is 277 g/mol. The van der Waals surface area contributed by atoms with Gasteiger partial charge < -0.3 is 10.0 Å². The zero-order valence-electron chi connectivity index (χ0n) is 11.9. The molecule has 0 saturated carbocycles. The van der Waals surface area contributed by atoms with Crippen LogP contribution >= 0.6 is 0 Å². The lowest BCUT2D eigenvalue weighted by Gasteiger charge is -2.24. The third-order valence-corrected chi connectivity index (χ3v) is 3.36. The molecule has 0 spiro atoms. The molecule has 1 atom stereocenters. The van der Waals surface area contributed by atoms with E-state index < -0.39 is 6.10 Å². The molecule has 0 aliphatic carbocycles. The van der Waals surface area contributed by atoms with E-state index in [1.165, 1.54) is 0 Å². The van der Waals surface area contributed by atoms with Crippen LogP contribution in [0.1, 0.15) is 29.7 Å². The van der Waals surface area contributed by atoms with Crippen LogP contribution in [0.5, 0.6) is 0 Å². The molecule has 0 heterocycles. The Kier molecular flexibility index (Phi) is 4.23. The van der Waals surface area contributed by atoms with E-state index in [1.807, 2.05) is 24.1 Å². The molecule has 21 heavy (non-hydrogen) atoms. The van der Waals surface area contributed by atoms with Crippen molar-refractivity contribution in [2.24, 2.45) is 0 Å². The van der Waals surface area contributed by atoms with Gasteiger partial charge in [0.15, 0.2) is 0 Å². The van der Waals surface area contributed by atoms with Gasteiger partial charge in [0.1, 0.15) is 6.07 Å². The Morgan fingerprint density at radius 1 is 1.05 bits per heavy atom. The van der Waals surface area contributed by atoms with E-state index in [1.54, 1.807) is 37.3 Å². The Balaban J connectivity index is 2.60. The van der Waals surface area contributed by atoms with E-state index in [-0.39, 0.29) is 0 Å². The summed E-state index contributed by atoms with van der Waals surface area (Å²) in [5, 5.41) is 28.2. The van der Waals surface area contributed by atoms with Gasteiger partial charge in [0.05, 0.1) is 29.0 Å². The molecule has 1 N–H and O–H groups in total. The SMILES string of the molecule is C[C@H](O)c1ccc(C#N)cc1N(C)c1ccccc1C#N. The second-order valence-corrected chi connectivity index (χ2v) is 4.75. The van der Waals surface area contributed by atoms with Gasteiger partial charge in [-0.05, 0) is 31.2 Å². The van der Waals surface area contributed by atoms with E-state index >= 15 is 0 Å². The highest BCUT2D eigenvalue weighted by molar-refractivity contribution is 5.72. The van der Waals surface area contributed by atoms with Gasteiger partial charge >= 0.3 is 0 Å². The minimum Gasteiger partial charge on any atom is -0.389 e. The summed E-state index contributed by atoms with van der Waals surface area (Å²) in [5.74, 6) is 0. The molecule has 0 aromatic heterocycles. The van der Waals surface area contributed by atoms with Crippen LogP contribution < -0.4 is 4.90 Å². The summed E-state index contributed by atoms with van der Waals surface area (Å²) in [6.45, 7) is 1.68. The zero-order chi connectivity index (χ0) is 15.4. The molecule has 0 radical (unpaired) electrons. The molecule has 0 aliphatic heterocycles. The van der Waals surface area contributed by atoms with Crippen LogP contribution in [-0.4, -0.2) is 12.2 Å². The molecular weight excluding hydrogens is 262 g/mol. The van der Waals surface area contributed by atoms with Gasteiger partial charge in [-0.3, -0.25) is 0 Å². The molecule has 104 valence electrons. The zero-order valence-corrected chi connectivity index (χ0v) is 11.9. The fourth-order valence-electron chi connectivity index (χ4n) is 2.25. The van der Waals surface area contributed by atoms with Gasteiger partial charge in [0.2, 0.25) is 0 Å². The van der Waals surface area contributed by atoms with Gasteiger partial charge in [-0.1, -0.05) is 18.2 Å². The molecule has 2 rings (SSSR count). The molecule has 0 saturated heterocycles.